The summed E-state index contributed by atoms with van der Waals surface area (Å²) < 4.78 is 13.6. The standard InChI is InChI=1S/C15H20FN5O4.ClH/c16-10-6-11(13(18)12(7-10)21(24)25)15(23)20-5-1-2-9(8-20)14(22)19-4-3-17;/h6-7,9H,1-5,8,17-18H2,(H,19,22);1H. The van der Waals surface area contributed by atoms with Crippen molar-refractivity contribution in [1.29, 1.82) is 0 Å². The Bertz CT molecular complexity index is 703. The molecule has 1 aromatic rings. The zero-order chi connectivity index (χ0) is 18.6. The number of halogens is 2. The number of nitro benzene ring substituents is 1. The van der Waals surface area contributed by atoms with Crippen LogP contribution >= 0.6 is 12.4 Å². The highest BCUT2D eigenvalue weighted by Crippen LogP contribution is 2.29. The number of benzene rings is 1. The van der Waals surface area contributed by atoms with Crippen molar-refractivity contribution in [2.24, 2.45) is 11.7 Å². The summed E-state index contributed by atoms with van der Waals surface area (Å²) in [5.74, 6) is -2.16. The maximum Gasteiger partial charge on any atom is 0.295 e. The van der Waals surface area contributed by atoms with E-state index in [0.29, 0.717) is 38.5 Å². The van der Waals surface area contributed by atoms with E-state index in [2.05, 4.69) is 5.32 Å². The molecule has 1 atom stereocenters. The Morgan fingerprint density at radius 3 is 2.73 bits per heavy atom. The van der Waals surface area contributed by atoms with Crippen molar-refractivity contribution in [2.75, 3.05) is 31.9 Å². The molecule has 11 heteroatoms. The van der Waals surface area contributed by atoms with Crippen molar-refractivity contribution in [2.45, 2.75) is 12.8 Å². The number of hydrogen-bond donors (Lipinski definition) is 3. The number of nitrogens with zero attached hydrogens (tertiary/aromatic N) is 2. The monoisotopic (exact) mass is 389 g/mol. The van der Waals surface area contributed by atoms with E-state index in [1.54, 1.807) is 0 Å². The topological polar surface area (TPSA) is 145 Å². The minimum absolute atomic E-state index is 0. The van der Waals surface area contributed by atoms with Crippen LogP contribution in [-0.2, 0) is 4.79 Å². The van der Waals surface area contributed by atoms with Crippen LogP contribution in [0.4, 0.5) is 15.8 Å². The number of carbonyl (C=O) groups is 2. The Morgan fingerprint density at radius 2 is 2.12 bits per heavy atom. The average Bonchev–Trinajstić information content (AvgIpc) is 2.60. The van der Waals surface area contributed by atoms with Crippen LogP contribution in [0.2, 0.25) is 0 Å². The van der Waals surface area contributed by atoms with Gasteiger partial charge in [-0.3, -0.25) is 19.7 Å². The van der Waals surface area contributed by atoms with Gasteiger partial charge in [-0.15, -0.1) is 12.4 Å². The summed E-state index contributed by atoms with van der Waals surface area (Å²) in [5.41, 5.74) is 9.71. The van der Waals surface area contributed by atoms with Crippen LogP contribution in [0, 0.1) is 21.8 Å². The van der Waals surface area contributed by atoms with Crippen LogP contribution in [0.3, 0.4) is 0 Å². The number of amides is 2. The van der Waals surface area contributed by atoms with Crippen LogP contribution in [0.1, 0.15) is 23.2 Å². The molecule has 1 unspecified atom stereocenters. The lowest BCUT2D eigenvalue weighted by Crippen LogP contribution is -2.46. The van der Waals surface area contributed by atoms with Crippen LogP contribution in [0.25, 0.3) is 0 Å². The molecule has 1 aliphatic rings. The number of hydrogen-bond acceptors (Lipinski definition) is 6. The first-order chi connectivity index (χ1) is 11.8. The molecular weight excluding hydrogens is 369 g/mol. The number of anilines is 1. The zero-order valence-electron chi connectivity index (χ0n) is 13.9. The van der Waals surface area contributed by atoms with Crippen molar-refractivity contribution in [3.05, 3.63) is 33.6 Å². The lowest BCUT2D eigenvalue weighted by molar-refractivity contribution is -0.384. The van der Waals surface area contributed by atoms with Gasteiger partial charge in [0.05, 0.1) is 22.5 Å². The second kappa shape index (κ2) is 9.30. The molecule has 0 radical (unpaired) electrons. The number of nitro groups is 1. The summed E-state index contributed by atoms with van der Waals surface area (Å²) in [5, 5.41) is 13.6. The highest BCUT2D eigenvalue weighted by atomic mass is 35.5. The fourth-order valence-electron chi connectivity index (χ4n) is 2.82. The Balaban J connectivity index is 0.00000338. The first-order valence-electron chi connectivity index (χ1n) is 7.85. The van der Waals surface area contributed by atoms with Crippen LogP contribution in [0.5, 0.6) is 0 Å². The molecule has 1 aromatic carbocycles. The van der Waals surface area contributed by atoms with Crippen LogP contribution in [-0.4, -0.2) is 47.8 Å². The lowest BCUT2D eigenvalue weighted by Gasteiger charge is -2.32. The maximum absolute atomic E-state index is 13.6. The molecule has 0 bridgehead atoms. The Morgan fingerprint density at radius 1 is 1.42 bits per heavy atom. The predicted molar refractivity (Wildman–Crippen MR) is 95.4 cm³/mol. The summed E-state index contributed by atoms with van der Waals surface area (Å²) in [4.78, 5) is 36.1. The number of carbonyl (C=O) groups excluding carboxylic acids is 2. The minimum Gasteiger partial charge on any atom is -0.393 e. The summed E-state index contributed by atoms with van der Waals surface area (Å²) in [6, 6.07) is 1.55. The van der Waals surface area contributed by atoms with Gasteiger partial charge >= 0.3 is 0 Å². The van der Waals surface area contributed by atoms with Gasteiger partial charge in [0.25, 0.3) is 11.6 Å². The molecule has 5 N–H and O–H groups in total. The van der Waals surface area contributed by atoms with Gasteiger partial charge in [0.1, 0.15) is 11.5 Å². The highest BCUT2D eigenvalue weighted by Gasteiger charge is 2.31. The molecule has 144 valence electrons. The first kappa shape index (κ1) is 21.6. The summed E-state index contributed by atoms with van der Waals surface area (Å²) >= 11 is 0. The van der Waals surface area contributed by atoms with E-state index >= 15 is 0 Å². The summed E-state index contributed by atoms with van der Waals surface area (Å²) in [6.07, 6.45) is 1.20. The molecule has 1 heterocycles. The maximum atomic E-state index is 13.6. The molecule has 0 spiro atoms. The Labute approximate surface area is 155 Å². The third kappa shape index (κ3) is 4.79. The first-order valence-corrected chi connectivity index (χ1v) is 7.85. The highest BCUT2D eigenvalue weighted by molar-refractivity contribution is 6.01. The van der Waals surface area contributed by atoms with Crippen LogP contribution < -0.4 is 16.8 Å². The number of nitrogens with two attached hydrogens (primary N) is 2. The molecule has 2 amide bonds. The van der Waals surface area contributed by atoms with Crippen molar-refractivity contribution < 1.29 is 18.9 Å². The minimum atomic E-state index is -0.918. The fraction of sp³-hybridized carbons (Fsp3) is 0.467. The van der Waals surface area contributed by atoms with Gasteiger partial charge in [-0.2, -0.15) is 0 Å². The third-order valence-electron chi connectivity index (χ3n) is 4.07. The van der Waals surface area contributed by atoms with E-state index in [1.807, 2.05) is 0 Å². The van der Waals surface area contributed by atoms with E-state index in [9.17, 15) is 24.1 Å². The number of rotatable bonds is 5. The molecule has 26 heavy (non-hydrogen) atoms. The van der Waals surface area contributed by atoms with E-state index < -0.39 is 28.3 Å². The number of likely N-dealkylation sites (tertiary alicyclic amines) is 1. The molecule has 1 fully saturated rings. The quantitative estimate of drug-likeness (QED) is 0.383. The van der Waals surface area contributed by atoms with Gasteiger partial charge in [-0.1, -0.05) is 0 Å². The van der Waals surface area contributed by atoms with Gasteiger partial charge in [0, 0.05) is 26.2 Å². The molecular formula is C15H21ClFN5O4. The molecule has 0 saturated carbocycles. The molecule has 0 aliphatic carbocycles. The van der Waals surface area contributed by atoms with E-state index in [4.69, 9.17) is 11.5 Å². The number of nitrogen functional groups attached to an aromatic ring is 1. The Kier molecular flexibility index (Phi) is 7.72. The zero-order valence-corrected chi connectivity index (χ0v) is 14.8. The fourth-order valence-corrected chi connectivity index (χ4v) is 2.82. The van der Waals surface area contributed by atoms with E-state index in [1.165, 1.54) is 4.90 Å². The van der Waals surface area contributed by atoms with Gasteiger partial charge in [0.2, 0.25) is 5.91 Å². The molecule has 0 aromatic heterocycles. The average molecular weight is 390 g/mol. The Hall–Kier alpha value is -2.46. The third-order valence-corrected chi connectivity index (χ3v) is 4.07. The second-order valence-electron chi connectivity index (χ2n) is 5.81. The second-order valence-corrected chi connectivity index (χ2v) is 5.81. The SMILES string of the molecule is Cl.NCCNC(=O)C1CCCN(C(=O)c2cc(F)cc([N+](=O)[O-])c2N)C1. The summed E-state index contributed by atoms with van der Waals surface area (Å²) in [6.45, 7) is 1.15. The largest absolute Gasteiger partial charge is 0.393 e. The van der Waals surface area contributed by atoms with E-state index in [0.717, 1.165) is 6.07 Å². The molecule has 1 saturated heterocycles. The van der Waals surface area contributed by atoms with Crippen molar-refractivity contribution in [1.82, 2.24) is 10.2 Å². The van der Waals surface area contributed by atoms with Gasteiger partial charge in [-0.25, -0.2) is 4.39 Å². The van der Waals surface area contributed by atoms with Crippen molar-refractivity contribution in [3.8, 4) is 0 Å². The summed E-state index contributed by atoms with van der Waals surface area (Å²) in [7, 11) is 0. The molecule has 9 nitrogen and oxygen atoms in total. The van der Waals surface area contributed by atoms with Crippen molar-refractivity contribution >= 4 is 35.6 Å². The van der Waals surface area contributed by atoms with Gasteiger partial charge in [0.15, 0.2) is 0 Å². The lowest BCUT2D eigenvalue weighted by atomic mass is 9.96. The molecule has 2 rings (SSSR count). The van der Waals surface area contributed by atoms with Crippen molar-refractivity contribution in [3.63, 3.8) is 0 Å². The van der Waals surface area contributed by atoms with Crippen LogP contribution in [0.15, 0.2) is 12.1 Å². The smallest absolute Gasteiger partial charge is 0.295 e. The van der Waals surface area contributed by atoms with Gasteiger partial charge in [-0.05, 0) is 18.9 Å². The molecule has 1 aliphatic heterocycles. The number of nitrogens with one attached hydrogen (secondary N) is 1. The predicted octanol–water partition coefficient (Wildman–Crippen LogP) is 0.665. The normalized spacial score (nSPS) is 16.5. The number of piperidine rings is 1. The van der Waals surface area contributed by atoms with E-state index in [-0.39, 0.29) is 36.1 Å². The van der Waals surface area contributed by atoms with Gasteiger partial charge < -0.3 is 21.7 Å².